The number of hydrogen-bond donors (Lipinski definition) is 0. The van der Waals surface area contributed by atoms with Crippen molar-refractivity contribution < 1.29 is 4.79 Å². The molecule has 1 saturated heterocycles. The van der Waals surface area contributed by atoms with E-state index in [1.165, 1.54) is 38.8 Å². The van der Waals surface area contributed by atoms with Gasteiger partial charge in [-0.15, -0.1) is 0 Å². The lowest BCUT2D eigenvalue weighted by Crippen LogP contribution is -2.46. The Morgan fingerprint density at radius 1 is 1.33 bits per heavy atom. The normalized spacial score (nSPS) is 26.9. The lowest BCUT2D eigenvalue weighted by atomic mass is 9.90. The Hall–Kier alpha value is -0.370. The van der Waals surface area contributed by atoms with Gasteiger partial charge in [-0.3, -0.25) is 4.90 Å². The van der Waals surface area contributed by atoms with Crippen molar-refractivity contribution in [2.24, 2.45) is 11.8 Å². The summed E-state index contributed by atoms with van der Waals surface area (Å²) >= 11 is 0. The summed E-state index contributed by atoms with van der Waals surface area (Å²) in [6.45, 7) is 7.14. The highest BCUT2D eigenvalue weighted by Crippen LogP contribution is 2.49. The maximum absolute atomic E-state index is 10.5. The van der Waals surface area contributed by atoms with Crippen molar-refractivity contribution in [2.75, 3.05) is 13.1 Å². The Kier molecular flexibility index (Phi) is 3.15. The van der Waals surface area contributed by atoms with Crippen molar-refractivity contribution in [2.45, 2.75) is 51.5 Å². The number of rotatable bonds is 4. The molecule has 2 heteroatoms. The predicted octanol–water partition coefficient (Wildman–Crippen LogP) is 2.48. The molecule has 15 heavy (non-hydrogen) atoms. The maximum atomic E-state index is 10.5. The average molecular weight is 209 g/mol. The molecule has 0 aromatic heterocycles. The summed E-state index contributed by atoms with van der Waals surface area (Å²) in [5.74, 6) is 1.46. The lowest BCUT2D eigenvalue weighted by molar-refractivity contribution is -0.109. The number of aldehydes is 1. The van der Waals surface area contributed by atoms with Crippen LogP contribution < -0.4 is 0 Å². The van der Waals surface area contributed by atoms with Gasteiger partial charge < -0.3 is 4.79 Å². The third kappa shape index (κ3) is 2.10. The third-order valence-electron chi connectivity index (χ3n) is 4.51. The smallest absolute Gasteiger partial charge is 0.120 e. The van der Waals surface area contributed by atoms with Gasteiger partial charge in [-0.2, -0.15) is 0 Å². The zero-order chi connectivity index (χ0) is 10.9. The molecule has 0 N–H and O–H groups in total. The van der Waals surface area contributed by atoms with E-state index in [4.69, 9.17) is 0 Å². The van der Waals surface area contributed by atoms with E-state index in [-0.39, 0.29) is 0 Å². The Labute approximate surface area is 93.0 Å². The monoisotopic (exact) mass is 209 g/mol. The first-order valence-electron chi connectivity index (χ1n) is 6.38. The maximum Gasteiger partial charge on any atom is 0.120 e. The van der Waals surface area contributed by atoms with Crippen molar-refractivity contribution in [3.8, 4) is 0 Å². The van der Waals surface area contributed by atoms with E-state index in [1.54, 1.807) is 0 Å². The summed E-state index contributed by atoms with van der Waals surface area (Å²) in [4.78, 5) is 13.2. The summed E-state index contributed by atoms with van der Waals surface area (Å²) in [6, 6.07) is 0. The fourth-order valence-electron chi connectivity index (χ4n) is 3.14. The quantitative estimate of drug-likeness (QED) is 0.663. The molecule has 2 rings (SSSR count). The van der Waals surface area contributed by atoms with Gasteiger partial charge >= 0.3 is 0 Å². The Balaban J connectivity index is 1.86. The Morgan fingerprint density at radius 3 is 2.33 bits per heavy atom. The van der Waals surface area contributed by atoms with Crippen LogP contribution in [0.1, 0.15) is 46.0 Å². The molecule has 0 aromatic carbocycles. The summed E-state index contributed by atoms with van der Waals surface area (Å²) in [5, 5.41) is 0. The molecule has 86 valence electrons. The second-order valence-corrected chi connectivity index (χ2v) is 5.59. The van der Waals surface area contributed by atoms with Crippen LogP contribution in [0.3, 0.4) is 0 Å². The molecule has 0 radical (unpaired) electrons. The number of carbonyl (C=O) groups excluding carboxylic acids is 1. The highest BCUT2D eigenvalue weighted by molar-refractivity contribution is 5.49. The molecule has 2 fully saturated rings. The minimum absolute atomic E-state index is 0.548. The molecule has 0 bridgehead atoms. The highest BCUT2D eigenvalue weighted by atomic mass is 16.1. The van der Waals surface area contributed by atoms with Crippen LogP contribution in [-0.2, 0) is 4.79 Å². The molecule has 1 heterocycles. The van der Waals surface area contributed by atoms with Gasteiger partial charge in [0.1, 0.15) is 6.29 Å². The number of hydrogen-bond acceptors (Lipinski definition) is 2. The summed E-state index contributed by atoms with van der Waals surface area (Å²) < 4.78 is 0. The molecular formula is C13H23NO. The number of carbonyl (C=O) groups is 1. The van der Waals surface area contributed by atoms with E-state index in [1.807, 2.05) is 0 Å². The first kappa shape index (κ1) is 11.1. The predicted molar refractivity (Wildman–Crippen MR) is 61.8 cm³/mol. The first-order chi connectivity index (χ1) is 7.19. The molecule has 0 amide bonds. The lowest BCUT2D eigenvalue weighted by Gasteiger charge is -2.39. The molecule has 1 saturated carbocycles. The van der Waals surface area contributed by atoms with Crippen molar-refractivity contribution in [1.29, 1.82) is 0 Å². The van der Waals surface area contributed by atoms with Crippen LogP contribution in [0.15, 0.2) is 0 Å². The van der Waals surface area contributed by atoms with Crippen LogP contribution in [-0.4, -0.2) is 29.8 Å². The van der Waals surface area contributed by atoms with Gasteiger partial charge in [0, 0.05) is 12.0 Å². The Bertz CT molecular complexity index is 225. The van der Waals surface area contributed by atoms with E-state index in [2.05, 4.69) is 18.7 Å². The van der Waals surface area contributed by atoms with E-state index in [0.29, 0.717) is 11.5 Å². The van der Waals surface area contributed by atoms with Crippen LogP contribution in [0.25, 0.3) is 0 Å². The molecule has 2 aliphatic rings. The SMILES string of the molecule is CC(C)C1(N2CCC(CC=O)CC2)CC1. The van der Waals surface area contributed by atoms with Crippen LogP contribution >= 0.6 is 0 Å². The Morgan fingerprint density at radius 2 is 1.93 bits per heavy atom. The standard InChI is InChI=1S/C13H23NO/c1-11(2)13(6-7-13)14-8-3-12(4-9-14)5-10-15/h10-12H,3-9H2,1-2H3. The largest absolute Gasteiger partial charge is 0.303 e. The molecular weight excluding hydrogens is 186 g/mol. The summed E-state index contributed by atoms with van der Waals surface area (Å²) in [6.07, 6.45) is 7.12. The van der Waals surface area contributed by atoms with Gasteiger partial charge in [0.25, 0.3) is 0 Å². The average Bonchev–Trinajstić information content (AvgIpc) is 3.00. The molecule has 0 aromatic rings. The van der Waals surface area contributed by atoms with Crippen LogP contribution in [0.2, 0.25) is 0 Å². The van der Waals surface area contributed by atoms with Gasteiger partial charge in [0.2, 0.25) is 0 Å². The van der Waals surface area contributed by atoms with Crippen molar-refractivity contribution in [3.05, 3.63) is 0 Å². The fourth-order valence-corrected chi connectivity index (χ4v) is 3.14. The minimum atomic E-state index is 0.548. The second kappa shape index (κ2) is 4.25. The van der Waals surface area contributed by atoms with Crippen LogP contribution in [0, 0.1) is 11.8 Å². The molecule has 0 spiro atoms. The van der Waals surface area contributed by atoms with Gasteiger partial charge in [0.05, 0.1) is 0 Å². The van der Waals surface area contributed by atoms with Crippen LogP contribution in [0.5, 0.6) is 0 Å². The molecule has 1 aliphatic heterocycles. The fraction of sp³-hybridized carbons (Fsp3) is 0.923. The van der Waals surface area contributed by atoms with E-state index >= 15 is 0 Å². The molecule has 0 atom stereocenters. The zero-order valence-corrected chi connectivity index (χ0v) is 10.0. The second-order valence-electron chi connectivity index (χ2n) is 5.59. The molecule has 1 aliphatic carbocycles. The molecule has 0 unspecified atom stereocenters. The minimum Gasteiger partial charge on any atom is -0.303 e. The number of likely N-dealkylation sites (tertiary alicyclic amines) is 1. The van der Waals surface area contributed by atoms with Gasteiger partial charge in [0.15, 0.2) is 0 Å². The highest BCUT2D eigenvalue weighted by Gasteiger charge is 2.50. The number of nitrogens with zero attached hydrogens (tertiary/aromatic N) is 1. The van der Waals surface area contributed by atoms with Gasteiger partial charge in [-0.05, 0) is 50.6 Å². The van der Waals surface area contributed by atoms with Crippen molar-refractivity contribution in [3.63, 3.8) is 0 Å². The zero-order valence-electron chi connectivity index (χ0n) is 10.0. The van der Waals surface area contributed by atoms with E-state index < -0.39 is 0 Å². The third-order valence-corrected chi connectivity index (χ3v) is 4.51. The van der Waals surface area contributed by atoms with Gasteiger partial charge in [-0.25, -0.2) is 0 Å². The van der Waals surface area contributed by atoms with Crippen molar-refractivity contribution >= 4 is 6.29 Å². The summed E-state index contributed by atoms with van der Waals surface area (Å²) in [7, 11) is 0. The van der Waals surface area contributed by atoms with Crippen LogP contribution in [0.4, 0.5) is 0 Å². The topological polar surface area (TPSA) is 20.3 Å². The van der Waals surface area contributed by atoms with Gasteiger partial charge in [-0.1, -0.05) is 13.8 Å². The van der Waals surface area contributed by atoms with E-state index in [9.17, 15) is 4.79 Å². The first-order valence-corrected chi connectivity index (χ1v) is 6.38. The summed E-state index contributed by atoms with van der Waals surface area (Å²) in [5.41, 5.74) is 0.548. The molecule has 2 nitrogen and oxygen atoms in total. The van der Waals surface area contributed by atoms with Crippen molar-refractivity contribution in [1.82, 2.24) is 4.90 Å². The number of piperidine rings is 1. The van der Waals surface area contributed by atoms with E-state index in [0.717, 1.165) is 18.6 Å².